The number of pyridine rings is 1. The minimum atomic E-state index is -4.29. The molecule has 0 radical (unpaired) electrons. The number of fused-ring (bicyclic) bond motifs is 2. The third kappa shape index (κ3) is 4.49. The van der Waals surface area contributed by atoms with Gasteiger partial charge in [-0.25, -0.2) is 0 Å². The van der Waals surface area contributed by atoms with Crippen LogP contribution in [-0.4, -0.2) is 24.5 Å². The average Bonchev–Trinajstić information content (AvgIpc) is 2.77. The zero-order chi connectivity index (χ0) is 22.0. The van der Waals surface area contributed by atoms with Crippen LogP contribution in [0.1, 0.15) is 42.3 Å². The summed E-state index contributed by atoms with van der Waals surface area (Å²) in [6, 6.07) is 17.8. The maximum absolute atomic E-state index is 12.2. The van der Waals surface area contributed by atoms with Crippen molar-refractivity contribution in [2.24, 2.45) is 0 Å². The lowest BCUT2D eigenvalue weighted by Crippen LogP contribution is -2.26. The molecular formula is C24H26N2O3S2. The van der Waals surface area contributed by atoms with Gasteiger partial charge < -0.3 is 4.90 Å². The van der Waals surface area contributed by atoms with Crippen molar-refractivity contribution in [3.63, 3.8) is 0 Å². The Hall–Kier alpha value is -2.35. The van der Waals surface area contributed by atoms with Crippen molar-refractivity contribution in [2.75, 3.05) is 11.4 Å². The van der Waals surface area contributed by atoms with E-state index in [2.05, 4.69) is 48.0 Å². The molecule has 5 nitrogen and oxygen atoms in total. The number of aryl methyl sites for hydroxylation is 2. The molecule has 7 heteroatoms. The van der Waals surface area contributed by atoms with Gasteiger partial charge in [-0.05, 0) is 60.7 Å². The lowest BCUT2D eigenvalue weighted by molar-refractivity contribution is 0.463. The van der Waals surface area contributed by atoms with Crippen molar-refractivity contribution >= 4 is 33.3 Å². The molecule has 31 heavy (non-hydrogen) atoms. The second-order valence-corrected chi connectivity index (χ2v) is 10.2. The van der Waals surface area contributed by atoms with Crippen molar-refractivity contribution in [1.82, 2.24) is 4.98 Å². The van der Waals surface area contributed by atoms with Gasteiger partial charge in [0.05, 0.1) is 17.1 Å². The van der Waals surface area contributed by atoms with Gasteiger partial charge in [0.1, 0.15) is 5.25 Å². The minimum absolute atomic E-state index is 0.228. The molecule has 0 saturated carbocycles. The topological polar surface area (TPSA) is 70.5 Å². The summed E-state index contributed by atoms with van der Waals surface area (Å²) in [5.41, 5.74) is 5.09. The number of nitrogens with zero attached hydrogens (tertiary/aromatic N) is 2. The normalized spacial score (nSPS) is 14.1. The molecule has 4 rings (SSSR count). The lowest BCUT2D eigenvalue weighted by atomic mass is 10.0. The quantitative estimate of drug-likeness (QED) is 0.453. The van der Waals surface area contributed by atoms with Crippen molar-refractivity contribution < 1.29 is 13.0 Å². The fourth-order valence-corrected chi connectivity index (χ4v) is 6.14. The van der Waals surface area contributed by atoms with Crippen molar-refractivity contribution in [2.45, 2.75) is 48.2 Å². The molecule has 2 heterocycles. The van der Waals surface area contributed by atoms with Gasteiger partial charge in [-0.15, -0.1) is 0 Å². The monoisotopic (exact) mass is 454 g/mol. The molecule has 3 aromatic rings. The molecule has 1 aliphatic rings. The van der Waals surface area contributed by atoms with Gasteiger partial charge in [-0.3, -0.25) is 9.54 Å². The molecule has 1 atom stereocenters. The Morgan fingerprint density at radius 3 is 2.48 bits per heavy atom. The second kappa shape index (κ2) is 9.02. The SMILES string of the molecule is CCc1cc(CC)c2c(c1)N(CCC(c1ccccn1)S(=O)(=O)O)c1ccccc1S2. The van der Waals surface area contributed by atoms with Crippen LogP contribution in [0.15, 0.2) is 70.6 Å². The van der Waals surface area contributed by atoms with Crippen molar-refractivity contribution in [3.05, 3.63) is 77.6 Å². The summed E-state index contributed by atoms with van der Waals surface area (Å²) in [6.07, 6.45) is 3.64. The molecule has 0 aliphatic carbocycles. The predicted octanol–water partition coefficient (Wildman–Crippen LogP) is 5.83. The van der Waals surface area contributed by atoms with Gasteiger partial charge >= 0.3 is 0 Å². The molecule has 0 spiro atoms. The van der Waals surface area contributed by atoms with E-state index in [9.17, 15) is 13.0 Å². The third-order valence-corrected chi connectivity index (χ3v) is 8.08. The van der Waals surface area contributed by atoms with Crippen LogP contribution in [0.3, 0.4) is 0 Å². The zero-order valence-corrected chi connectivity index (χ0v) is 19.3. The largest absolute Gasteiger partial charge is 0.340 e. The van der Waals surface area contributed by atoms with E-state index in [1.54, 1.807) is 36.2 Å². The van der Waals surface area contributed by atoms with E-state index in [1.807, 2.05) is 12.1 Å². The number of benzene rings is 2. The highest BCUT2D eigenvalue weighted by Gasteiger charge is 2.30. The van der Waals surface area contributed by atoms with Crippen molar-refractivity contribution in [1.29, 1.82) is 0 Å². The Morgan fingerprint density at radius 1 is 1.03 bits per heavy atom. The number of hydrogen-bond acceptors (Lipinski definition) is 5. The second-order valence-electron chi connectivity index (χ2n) is 7.58. The van der Waals surface area contributed by atoms with Crippen LogP contribution in [0.4, 0.5) is 11.4 Å². The third-order valence-electron chi connectivity index (χ3n) is 5.65. The molecule has 0 amide bonds. The highest BCUT2D eigenvalue weighted by Crippen LogP contribution is 2.50. The van der Waals surface area contributed by atoms with E-state index in [0.717, 1.165) is 29.1 Å². The Labute approximate surface area is 188 Å². The first-order valence-corrected chi connectivity index (χ1v) is 12.8. The maximum atomic E-state index is 12.2. The summed E-state index contributed by atoms with van der Waals surface area (Å²) < 4.78 is 34.3. The van der Waals surface area contributed by atoms with Crippen LogP contribution in [0.2, 0.25) is 0 Å². The number of hydrogen-bond donors (Lipinski definition) is 1. The summed E-state index contributed by atoms with van der Waals surface area (Å²) in [7, 11) is -4.29. The summed E-state index contributed by atoms with van der Waals surface area (Å²) in [4.78, 5) is 8.76. The first-order chi connectivity index (χ1) is 14.9. The van der Waals surface area contributed by atoms with Gasteiger partial charge in [0, 0.05) is 22.5 Å². The summed E-state index contributed by atoms with van der Waals surface area (Å²) in [6.45, 7) is 4.75. The predicted molar refractivity (Wildman–Crippen MR) is 126 cm³/mol. The van der Waals surface area contributed by atoms with E-state index in [-0.39, 0.29) is 6.42 Å². The average molecular weight is 455 g/mol. The molecule has 0 saturated heterocycles. The number of anilines is 2. The van der Waals surface area contributed by atoms with E-state index in [1.165, 1.54) is 16.0 Å². The van der Waals surface area contributed by atoms with E-state index >= 15 is 0 Å². The highest BCUT2D eigenvalue weighted by atomic mass is 32.2. The van der Waals surface area contributed by atoms with E-state index in [0.29, 0.717) is 12.2 Å². The first-order valence-electron chi connectivity index (χ1n) is 10.5. The van der Waals surface area contributed by atoms with E-state index in [4.69, 9.17) is 0 Å². The summed E-state index contributed by atoms with van der Waals surface area (Å²) in [5, 5.41) is -1.07. The maximum Gasteiger partial charge on any atom is 0.273 e. The molecule has 0 bridgehead atoms. The van der Waals surface area contributed by atoms with Crippen LogP contribution < -0.4 is 4.90 Å². The van der Waals surface area contributed by atoms with Gasteiger partial charge in [0.2, 0.25) is 0 Å². The van der Waals surface area contributed by atoms with Gasteiger partial charge in [0.25, 0.3) is 10.1 Å². The fraction of sp³-hybridized carbons (Fsp3) is 0.292. The minimum Gasteiger partial charge on any atom is -0.340 e. The van der Waals surface area contributed by atoms with Gasteiger partial charge in [-0.2, -0.15) is 8.42 Å². The summed E-state index contributed by atoms with van der Waals surface area (Å²) >= 11 is 1.77. The Kier molecular flexibility index (Phi) is 6.36. The Balaban J connectivity index is 1.76. The molecule has 162 valence electrons. The molecule has 1 unspecified atom stereocenters. The lowest BCUT2D eigenvalue weighted by Gasteiger charge is -2.35. The van der Waals surface area contributed by atoms with Crippen LogP contribution in [0, 0.1) is 0 Å². The number of rotatable bonds is 7. The van der Waals surface area contributed by atoms with Crippen LogP contribution in [0.5, 0.6) is 0 Å². The smallest absolute Gasteiger partial charge is 0.273 e. The first kappa shape index (κ1) is 21.9. The molecule has 1 aliphatic heterocycles. The fourth-order valence-electron chi connectivity index (χ4n) is 4.03. The molecule has 2 aromatic carbocycles. The van der Waals surface area contributed by atoms with Crippen molar-refractivity contribution in [3.8, 4) is 0 Å². The zero-order valence-electron chi connectivity index (χ0n) is 17.7. The molecular weight excluding hydrogens is 428 g/mol. The van der Waals surface area contributed by atoms with E-state index < -0.39 is 15.4 Å². The van der Waals surface area contributed by atoms with Crippen LogP contribution in [0.25, 0.3) is 0 Å². The molecule has 1 aromatic heterocycles. The molecule has 0 fully saturated rings. The van der Waals surface area contributed by atoms with Crippen LogP contribution in [-0.2, 0) is 23.0 Å². The van der Waals surface area contributed by atoms with Gasteiger partial charge in [0.15, 0.2) is 0 Å². The number of aromatic nitrogens is 1. The Morgan fingerprint density at radius 2 is 1.81 bits per heavy atom. The molecule has 1 N–H and O–H groups in total. The highest BCUT2D eigenvalue weighted by molar-refractivity contribution is 7.99. The standard InChI is InChI=1S/C24H26N2O3S2/c1-3-17-15-18(4-2)24-21(16-17)26(20-10-5-6-11-22(20)30-24)14-12-23(31(27,28)29)19-9-7-8-13-25-19/h5-11,13,15-16,23H,3-4,12,14H2,1-2H3,(H,27,28,29). The summed E-state index contributed by atoms with van der Waals surface area (Å²) in [5.74, 6) is 0. The van der Waals surface area contributed by atoms with Crippen LogP contribution >= 0.6 is 11.8 Å². The Bertz CT molecular complexity index is 1180. The van der Waals surface area contributed by atoms with Gasteiger partial charge in [-0.1, -0.05) is 49.9 Å². The number of para-hydroxylation sites is 1.